The summed E-state index contributed by atoms with van der Waals surface area (Å²) in [7, 11) is 0. The predicted octanol–water partition coefficient (Wildman–Crippen LogP) is 4.11. The van der Waals surface area contributed by atoms with E-state index in [1.807, 2.05) is 20.8 Å². The summed E-state index contributed by atoms with van der Waals surface area (Å²) in [5, 5.41) is 0. The third kappa shape index (κ3) is 2.97. The van der Waals surface area contributed by atoms with E-state index in [0.29, 0.717) is 24.7 Å². The second-order valence-electron chi connectivity index (χ2n) is 8.81. The molecule has 4 aliphatic carbocycles. The molecule has 136 valence electrons. The summed E-state index contributed by atoms with van der Waals surface area (Å²) in [4.78, 5) is 24.6. The second-order valence-corrected chi connectivity index (χ2v) is 8.81. The van der Waals surface area contributed by atoms with Crippen molar-refractivity contribution in [2.24, 2.45) is 29.1 Å². The van der Waals surface area contributed by atoms with Crippen molar-refractivity contribution in [1.29, 1.82) is 0 Å². The molecule has 24 heavy (non-hydrogen) atoms. The summed E-state index contributed by atoms with van der Waals surface area (Å²) in [5.74, 6) is 1.99. The fraction of sp³-hybridized carbons (Fsp3) is 0.900. The minimum Gasteiger partial charge on any atom is -0.456 e. The Bertz CT molecular complexity index is 478. The fourth-order valence-electron chi connectivity index (χ4n) is 5.40. The van der Waals surface area contributed by atoms with Crippen LogP contribution in [0.5, 0.6) is 0 Å². The predicted molar refractivity (Wildman–Crippen MR) is 91.2 cm³/mol. The van der Waals surface area contributed by atoms with Crippen molar-refractivity contribution in [2.45, 2.75) is 78.2 Å². The van der Waals surface area contributed by atoms with Crippen molar-refractivity contribution in [3.05, 3.63) is 0 Å². The van der Waals surface area contributed by atoms with Gasteiger partial charge in [-0.15, -0.1) is 0 Å². The standard InChI is InChI=1S/C20H32O4/c1-5-19(3,6-2)18(22)23-12-17(21)24-20(4)15-8-13-7-14(10-15)11-16(20)9-13/h13-16H,5-12H2,1-4H3. The summed E-state index contributed by atoms with van der Waals surface area (Å²) in [6.45, 7) is 7.69. The number of carbonyl (C=O) groups is 2. The number of hydrogen-bond donors (Lipinski definition) is 0. The quantitative estimate of drug-likeness (QED) is 0.685. The fourth-order valence-corrected chi connectivity index (χ4v) is 5.40. The Morgan fingerprint density at radius 2 is 1.50 bits per heavy atom. The van der Waals surface area contributed by atoms with E-state index in [1.165, 1.54) is 32.1 Å². The maximum absolute atomic E-state index is 12.3. The zero-order valence-electron chi connectivity index (χ0n) is 15.6. The van der Waals surface area contributed by atoms with Gasteiger partial charge in [0, 0.05) is 0 Å². The molecule has 0 aromatic carbocycles. The Balaban J connectivity index is 1.56. The Labute approximate surface area is 145 Å². The SMILES string of the molecule is CCC(C)(CC)C(=O)OCC(=O)OC1(C)C2CC3CC(C2)CC1C3. The summed E-state index contributed by atoms with van der Waals surface area (Å²) in [5.41, 5.74) is -0.859. The lowest BCUT2D eigenvalue weighted by molar-refractivity contribution is -0.208. The highest BCUT2D eigenvalue weighted by molar-refractivity contribution is 5.80. The lowest BCUT2D eigenvalue weighted by atomic mass is 9.50. The number of carbonyl (C=O) groups excluding carboxylic acids is 2. The maximum Gasteiger partial charge on any atom is 0.344 e. The van der Waals surface area contributed by atoms with Gasteiger partial charge in [0.05, 0.1) is 5.41 Å². The smallest absolute Gasteiger partial charge is 0.344 e. The molecule has 0 N–H and O–H groups in total. The van der Waals surface area contributed by atoms with E-state index in [4.69, 9.17) is 9.47 Å². The molecule has 0 aromatic heterocycles. The van der Waals surface area contributed by atoms with E-state index >= 15 is 0 Å². The van der Waals surface area contributed by atoms with Crippen LogP contribution in [0.2, 0.25) is 0 Å². The van der Waals surface area contributed by atoms with Crippen molar-refractivity contribution in [3.8, 4) is 0 Å². The molecule has 4 aliphatic rings. The first kappa shape index (κ1) is 17.8. The van der Waals surface area contributed by atoms with Gasteiger partial charge < -0.3 is 9.47 Å². The normalized spacial score (nSPS) is 37.3. The van der Waals surface area contributed by atoms with Crippen LogP contribution in [0.3, 0.4) is 0 Å². The van der Waals surface area contributed by atoms with Gasteiger partial charge in [-0.2, -0.15) is 0 Å². The molecule has 0 atom stereocenters. The first-order chi connectivity index (χ1) is 11.3. The average molecular weight is 336 g/mol. The monoisotopic (exact) mass is 336 g/mol. The van der Waals surface area contributed by atoms with Crippen LogP contribution in [-0.2, 0) is 19.1 Å². The van der Waals surface area contributed by atoms with Crippen LogP contribution in [0.1, 0.15) is 72.6 Å². The zero-order chi connectivity index (χ0) is 17.5. The molecule has 0 aromatic rings. The van der Waals surface area contributed by atoms with Crippen LogP contribution < -0.4 is 0 Å². The van der Waals surface area contributed by atoms with Gasteiger partial charge in [0.1, 0.15) is 5.60 Å². The van der Waals surface area contributed by atoms with Gasteiger partial charge in [-0.1, -0.05) is 13.8 Å². The Kier molecular flexibility index (Phi) is 4.69. The Morgan fingerprint density at radius 3 is 1.96 bits per heavy atom. The zero-order valence-corrected chi connectivity index (χ0v) is 15.6. The minimum absolute atomic E-state index is 0.254. The number of ether oxygens (including phenoxy) is 2. The molecule has 4 fully saturated rings. The highest BCUT2D eigenvalue weighted by atomic mass is 16.6. The lowest BCUT2D eigenvalue weighted by Crippen LogP contribution is -2.58. The third-order valence-corrected chi connectivity index (χ3v) is 7.47. The maximum atomic E-state index is 12.3. The van der Waals surface area contributed by atoms with E-state index < -0.39 is 5.41 Å². The molecule has 4 nitrogen and oxygen atoms in total. The molecular formula is C20H32O4. The van der Waals surface area contributed by atoms with Crippen LogP contribution in [0.25, 0.3) is 0 Å². The van der Waals surface area contributed by atoms with Crippen LogP contribution in [-0.4, -0.2) is 24.1 Å². The molecule has 0 spiro atoms. The summed E-state index contributed by atoms with van der Waals surface area (Å²) >= 11 is 0. The average Bonchev–Trinajstić information content (AvgIpc) is 2.56. The molecule has 4 rings (SSSR count). The molecule has 0 saturated heterocycles. The van der Waals surface area contributed by atoms with E-state index in [-0.39, 0.29) is 24.1 Å². The van der Waals surface area contributed by atoms with Crippen molar-refractivity contribution in [2.75, 3.05) is 6.61 Å². The lowest BCUT2D eigenvalue weighted by Gasteiger charge is -2.59. The molecule has 0 unspecified atom stereocenters. The van der Waals surface area contributed by atoms with Gasteiger partial charge in [0.25, 0.3) is 0 Å². The first-order valence-corrected chi connectivity index (χ1v) is 9.69. The number of esters is 2. The molecule has 4 saturated carbocycles. The Morgan fingerprint density at radius 1 is 1.00 bits per heavy atom. The van der Waals surface area contributed by atoms with Gasteiger partial charge in [0.15, 0.2) is 6.61 Å². The second kappa shape index (κ2) is 6.34. The van der Waals surface area contributed by atoms with Gasteiger partial charge >= 0.3 is 11.9 Å². The summed E-state index contributed by atoms with van der Waals surface area (Å²) < 4.78 is 11.2. The van der Waals surface area contributed by atoms with Crippen LogP contribution >= 0.6 is 0 Å². The largest absolute Gasteiger partial charge is 0.456 e. The van der Waals surface area contributed by atoms with Crippen molar-refractivity contribution in [1.82, 2.24) is 0 Å². The summed E-state index contributed by atoms with van der Waals surface area (Å²) in [6.07, 6.45) is 7.58. The molecule has 4 heteroatoms. The van der Waals surface area contributed by atoms with Gasteiger partial charge in [-0.05, 0) is 82.5 Å². The molecule has 0 radical (unpaired) electrons. The van der Waals surface area contributed by atoms with Crippen molar-refractivity contribution >= 4 is 11.9 Å². The molecular weight excluding hydrogens is 304 g/mol. The van der Waals surface area contributed by atoms with E-state index in [1.54, 1.807) is 0 Å². The first-order valence-electron chi connectivity index (χ1n) is 9.69. The molecule has 0 amide bonds. The minimum atomic E-state index is -0.507. The Hall–Kier alpha value is -1.06. The van der Waals surface area contributed by atoms with Crippen LogP contribution in [0.4, 0.5) is 0 Å². The third-order valence-electron chi connectivity index (χ3n) is 7.47. The molecule has 4 bridgehead atoms. The van der Waals surface area contributed by atoms with E-state index in [2.05, 4.69) is 6.92 Å². The van der Waals surface area contributed by atoms with Gasteiger partial charge in [-0.3, -0.25) is 4.79 Å². The molecule has 0 heterocycles. The van der Waals surface area contributed by atoms with Crippen LogP contribution in [0, 0.1) is 29.1 Å². The van der Waals surface area contributed by atoms with Gasteiger partial charge in [0.2, 0.25) is 0 Å². The highest BCUT2D eigenvalue weighted by Gasteiger charge is 2.57. The molecule has 0 aliphatic heterocycles. The number of rotatable bonds is 6. The highest BCUT2D eigenvalue weighted by Crippen LogP contribution is 2.59. The summed E-state index contributed by atoms with van der Waals surface area (Å²) in [6, 6.07) is 0. The topological polar surface area (TPSA) is 52.6 Å². The van der Waals surface area contributed by atoms with Gasteiger partial charge in [-0.25, -0.2) is 4.79 Å². The van der Waals surface area contributed by atoms with Crippen LogP contribution in [0.15, 0.2) is 0 Å². The number of hydrogen-bond acceptors (Lipinski definition) is 4. The van der Waals surface area contributed by atoms with Crippen molar-refractivity contribution < 1.29 is 19.1 Å². The van der Waals surface area contributed by atoms with E-state index in [9.17, 15) is 9.59 Å². The van der Waals surface area contributed by atoms with Crippen molar-refractivity contribution in [3.63, 3.8) is 0 Å². The van der Waals surface area contributed by atoms with E-state index in [0.717, 1.165) is 11.8 Å².